The summed E-state index contributed by atoms with van der Waals surface area (Å²) in [6.45, 7) is 5.33. The molecule has 10 heteroatoms. The Morgan fingerprint density at radius 2 is 1.91 bits per heavy atom. The zero-order valence-electron chi connectivity index (χ0n) is 25.4. The summed E-state index contributed by atoms with van der Waals surface area (Å²) >= 11 is 12.3. The number of benzene rings is 3. The molecule has 0 saturated carbocycles. The molecule has 0 unspecified atom stereocenters. The van der Waals surface area contributed by atoms with E-state index in [2.05, 4.69) is 17.1 Å². The molecule has 2 N–H and O–H groups in total. The lowest BCUT2D eigenvalue weighted by Gasteiger charge is -2.38. The van der Waals surface area contributed by atoms with Gasteiger partial charge in [0.2, 0.25) is 5.91 Å². The third-order valence-corrected chi connectivity index (χ3v) is 8.95. The Hall–Kier alpha value is -3.56. The number of aromatic nitrogens is 1. The second-order valence-electron chi connectivity index (χ2n) is 11.8. The minimum absolute atomic E-state index is 0.0302. The molecule has 2 heterocycles. The Kier molecular flexibility index (Phi) is 9.85. The molecule has 3 aromatic carbocycles. The number of aliphatic hydroxyl groups is 1. The molecular weight excluding hydrogens is 599 g/mol. The highest BCUT2D eigenvalue weighted by Crippen LogP contribution is 2.31. The fourth-order valence-corrected chi connectivity index (χ4v) is 6.10. The number of likely N-dealkylation sites (N-methyl/N-ethyl adjacent to an activating group) is 1. The SMILES string of the molecule is C[C@@H]1CN([C@@H](C)CO)C(=O)c2cc(NC(=O)Cc3cn(C)c4ccccc34)ccc2O[C@@H]1CN(C)Cc1ccc(Cl)c(Cl)c1. The van der Waals surface area contributed by atoms with Crippen molar-refractivity contribution in [2.45, 2.75) is 39.0 Å². The molecule has 0 bridgehead atoms. The van der Waals surface area contributed by atoms with Gasteiger partial charge in [0.05, 0.1) is 34.7 Å². The van der Waals surface area contributed by atoms with E-state index in [1.807, 2.05) is 68.2 Å². The smallest absolute Gasteiger partial charge is 0.258 e. The number of aliphatic hydroxyl groups excluding tert-OH is 1. The number of halogens is 2. The molecule has 0 radical (unpaired) electrons. The van der Waals surface area contributed by atoms with Crippen molar-refractivity contribution in [3.8, 4) is 5.75 Å². The number of ether oxygens (including phenoxy) is 1. The number of carbonyl (C=O) groups excluding carboxylic acids is 2. The van der Waals surface area contributed by atoms with Gasteiger partial charge in [-0.2, -0.15) is 0 Å². The maximum atomic E-state index is 13.8. The van der Waals surface area contributed by atoms with E-state index in [1.54, 1.807) is 29.2 Å². The molecular formula is C34H38Cl2N4O4. The van der Waals surface area contributed by atoms with Gasteiger partial charge in [0.15, 0.2) is 0 Å². The zero-order chi connectivity index (χ0) is 31.5. The van der Waals surface area contributed by atoms with Crippen LogP contribution in [-0.4, -0.2) is 70.2 Å². The van der Waals surface area contributed by atoms with Crippen molar-refractivity contribution in [2.24, 2.45) is 13.0 Å². The number of anilines is 1. The number of nitrogens with zero attached hydrogens (tertiary/aromatic N) is 3. The summed E-state index contributed by atoms with van der Waals surface area (Å²) < 4.78 is 8.53. The summed E-state index contributed by atoms with van der Waals surface area (Å²) in [5, 5.41) is 15.0. The van der Waals surface area contributed by atoms with Crippen LogP contribution in [-0.2, 0) is 24.8 Å². The standard InChI is InChI=1S/C34H38Cl2N4O4/c1-21-16-40(22(2)20-41)34(43)27-15-25(37-33(42)14-24-18-39(4)30-8-6-5-7-26(24)30)10-12-31(27)44-32(21)19-38(3)17-23-9-11-28(35)29(36)13-23/h5-13,15,18,21-22,32,41H,14,16-17,19-20H2,1-4H3,(H,37,42)/t21-,22+,32-/m1/s1. The van der Waals surface area contributed by atoms with Crippen LogP contribution in [0.5, 0.6) is 5.75 Å². The predicted molar refractivity (Wildman–Crippen MR) is 176 cm³/mol. The summed E-state index contributed by atoms with van der Waals surface area (Å²) in [5.74, 6) is -0.0215. The van der Waals surface area contributed by atoms with Gasteiger partial charge in [-0.25, -0.2) is 0 Å². The van der Waals surface area contributed by atoms with Crippen LogP contribution in [0.3, 0.4) is 0 Å². The average Bonchev–Trinajstić information content (AvgIpc) is 3.31. The lowest BCUT2D eigenvalue weighted by atomic mass is 9.99. The monoisotopic (exact) mass is 636 g/mol. The number of hydrogen-bond donors (Lipinski definition) is 2. The number of amides is 2. The van der Waals surface area contributed by atoms with Gasteiger partial charge in [-0.1, -0.05) is 54.4 Å². The Morgan fingerprint density at radius 3 is 2.66 bits per heavy atom. The van der Waals surface area contributed by atoms with Gasteiger partial charge in [-0.05, 0) is 61.5 Å². The second-order valence-corrected chi connectivity index (χ2v) is 12.6. The number of rotatable bonds is 9. The summed E-state index contributed by atoms with van der Waals surface area (Å²) in [6.07, 6.45) is 1.91. The van der Waals surface area contributed by atoms with Crippen molar-refractivity contribution >= 4 is 51.6 Å². The Bertz CT molecular complexity index is 1670. The summed E-state index contributed by atoms with van der Waals surface area (Å²) in [5.41, 5.74) is 3.86. The molecule has 2 amide bonds. The van der Waals surface area contributed by atoms with E-state index in [4.69, 9.17) is 27.9 Å². The van der Waals surface area contributed by atoms with E-state index in [-0.39, 0.29) is 36.9 Å². The lowest BCUT2D eigenvalue weighted by molar-refractivity contribution is -0.115. The quantitative estimate of drug-likeness (QED) is 0.235. The van der Waals surface area contributed by atoms with Crippen molar-refractivity contribution in [3.63, 3.8) is 0 Å². The van der Waals surface area contributed by atoms with E-state index in [1.165, 1.54) is 0 Å². The molecule has 8 nitrogen and oxygen atoms in total. The molecule has 4 aromatic rings. The molecule has 232 valence electrons. The van der Waals surface area contributed by atoms with Crippen LogP contribution in [0, 0.1) is 5.92 Å². The van der Waals surface area contributed by atoms with Crippen molar-refractivity contribution < 1.29 is 19.4 Å². The molecule has 44 heavy (non-hydrogen) atoms. The highest BCUT2D eigenvalue weighted by atomic mass is 35.5. The largest absolute Gasteiger partial charge is 0.488 e. The Labute approximate surface area is 268 Å². The number of nitrogens with one attached hydrogen (secondary N) is 1. The first kappa shape index (κ1) is 31.9. The molecule has 3 atom stereocenters. The predicted octanol–water partition coefficient (Wildman–Crippen LogP) is 6.02. The molecule has 0 aliphatic carbocycles. The van der Waals surface area contributed by atoms with Gasteiger partial charge in [0.25, 0.3) is 5.91 Å². The van der Waals surface area contributed by atoms with Crippen LogP contribution in [0.2, 0.25) is 10.0 Å². The van der Waals surface area contributed by atoms with Crippen LogP contribution < -0.4 is 10.1 Å². The van der Waals surface area contributed by atoms with E-state index in [0.717, 1.165) is 22.0 Å². The first-order chi connectivity index (χ1) is 21.0. The van der Waals surface area contributed by atoms with E-state index in [0.29, 0.717) is 46.7 Å². The number of carbonyl (C=O) groups is 2. The third-order valence-electron chi connectivity index (χ3n) is 8.21. The summed E-state index contributed by atoms with van der Waals surface area (Å²) in [4.78, 5) is 30.8. The molecule has 1 aliphatic rings. The van der Waals surface area contributed by atoms with Gasteiger partial charge >= 0.3 is 0 Å². The Morgan fingerprint density at radius 1 is 1.14 bits per heavy atom. The van der Waals surface area contributed by atoms with Crippen LogP contribution in [0.25, 0.3) is 10.9 Å². The molecule has 1 aliphatic heterocycles. The zero-order valence-corrected chi connectivity index (χ0v) is 26.9. The van der Waals surface area contributed by atoms with Crippen molar-refractivity contribution in [1.82, 2.24) is 14.4 Å². The van der Waals surface area contributed by atoms with Crippen molar-refractivity contribution in [1.29, 1.82) is 0 Å². The fraction of sp³-hybridized carbons (Fsp3) is 0.353. The summed E-state index contributed by atoms with van der Waals surface area (Å²) in [6, 6.07) is 18.3. The average molecular weight is 638 g/mol. The van der Waals surface area contributed by atoms with E-state index < -0.39 is 6.04 Å². The van der Waals surface area contributed by atoms with Gasteiger partial charge < -0.3 is 24.6 Å². The highest BCUT2D eigenvalue weighted by Gasteiger charge is 2.33. The van der Waals surface area contributed by atoms with Crippen LogP contribution in [0.15, 0.2) is 66.9 Å². The molecule has 0 spiro atoms. The molecule has 0 fully saturated rings. The van der Waals surface area contributed by atoms with Crippen LogP contribution in [0.1, 0.15) is 35.3 Å². The van der Waals surface area contributed by atoms with Gasteiger partial charge in [-0.3, -0.25) is 14.5 Å². The highest BCUT2D eigenvalue weighted by molar-refractivity contribution is 6.42. The van der Waals surface area contributed by atoms with Crippen molar-refractivity contribution in [3.05, 3.63) is 93.6 Å². The molecule has 5 rings (SSSR count). The minimum atomic E-state index is -0.393. The number of para-hydroxylation sites is 1. The molecule has 1 aromatic heterocycles. The topological polar surface area (TPSA) is 87.0 Å². The van der Waals surface area contributed by atoms with Crippen LogP contribution in [0.4, 0.5) is 5.69 Å². The fourth-order valence-electron chi connectivity index (χ4n) is 5.78. The number of aryl methyl sites for hydroxylation is 1. The normalized spacial score (nSPS) is 17.6. The maximum absolute atomic E-state index is 13.8. The lowest BCUT2D eigenvalue weighted by Crippen LogP contribution is -2.49. The number of fused-ring (bicyclic) bond motifs is 2. The van der Waals surface area contributed by atoms with Gasteiger partial charge in [-0.15, -0.1) is 0 Å². The van der Waals surface area contributed by atoms with Crippen LogP contribution >= 0.6 is 23.2 Å². The summed E-state index contributed by atoms with van der Waals surface area (Å²) in [7, 11) is 3.97. The molecule has 0 saturated heterocycles. The first-order valence-corrected chi connectivity index (χ1v) is 15.5. The van der Waals surface area contributed by atoms with Gasteiger partial charge in [0, 0.05) is 55.4 Å². The second kappa shape index (κ2) is 13.6. The van der Waals surface area contributed by atoms with Crippen molar-refractivity contribution in [2.75, 3.05) is 32.1 Å². The minimum Gasteiger partial charge on any atom is -0.488 e. The Balaban J connectivity index is 1.37. The number of hydrogen-bond acceptors (Lipinski definition) is 5. The van der Waals surface area contributed by atoms with E-state index in [9.17, 15) is 14.7 Å². The first-order valence-electron chi connectivity index (χ1n) is 14.7. The van der Waals surface area contributed by atoms with E-state index >= 15 is 0 Å². The maximum Gasteiger partial charge on any atom is 0.258 e. The third kappa shape index (κ3) is 7.05. The van der Waals surface area contributed by atoms with Gasteiger partial charge in [0.1, 0.15) is 11.9 Å².